The van der Waals surface area contributed by atoms with E-state index in [2.05, 4.69) is 31.5 Å². The van der Waals surface area contributed by atoms with Crippen molar-refractivity contribution in [1.82, 2.24) is 20.2 Å². The fourth-order valence-electron chi connectivity index (χ4n) is 2.09. The molecule has 0 aliphatic rings. The fraction of sp³-hybridized carbons (Fsp3) is 0.133. The largest absolute Gasteiger partial charge is 0.398 e. The van der Waals surface area contributed by atoms with Crippen LogP contribution in [0.2, 0.25) is 0 Å². The Morgan fingerprint density at radius 3 is 2.67 bits per heavy atom. The predicted molar refractivity (Wildman–Crippen MR) is 86.2 cm³/mol. The van der Waals surface area contributed by atoms with Gasteiger partial charge in [-0.15, -0.1) is 5.10 Å². The second-order valence-corrected chi connectivity index (χ2v) is 5.79. The first-order valence-electron chi connectivity index (χ1n) is 6.47. The highest BCUT2D eigenvalue weighted by atomic mass is 79.9. The predicted octanol–water partition coefficient (Wildman–Crippen LogP) is 3.29. The third-order valence-electron chi connectivity index (χ3n) is 3.34. The van der Waals surface area contributed by atoms with Gasteiger partial charge < -0.3 is 5.73 Å². The van der Waals surface area contributed by atoms with Crippen molar-refractivity contribution < 1.29 is 0 Å². The second-order valence-electron chi connectivity index (χ2n) is 4.94. The number of tetrazole rings is 1. The monoisotopic (exact) mass is 343 g/mol. The summed E-state index contributed by atoms with van der Waals surface area (Å²) < 4.78 is 2.64. The Morgan fingerprint density at radius 2 is 1.90 bits per heavy atom. The molecular weight excluding hydrogens is 330 g/mol. The molecule has 0 saturated heterocycles. The maximum atomic E-state index is 5.98. The lowest BCUT2D eigenvalue weighted by Crippen LogP contribution is -2.02. The topological polar surface area (TPSA) is 69.6 Å². The van der Waals surface area contributed by atoms with Gasteiger partial charge in [0.25, 0.3) is 0 Å². The molecule has 5 nitrogen and oxygen atoms in total. The molecule has 106 valence electrons. The molecule has 0 unspecified atom stereocenters. The lowest BCUT2D eigenvalue weighted by Gasteiger charge is -2.09. The summed E-state index contributed by atoms with van der Waals surface area (Å²) in [5.74, 6) is 0.660. The highest BCUT2D eigenvalue weighted by molar-refractivity contribution is 9.10. The minimum atomic E-state index is 0.660. The number of aryl methyl sites for hydroxylation is 2. The Balaban J connectivity index is 2.17. The van der Waals surface area contributed by atoms with E-state index in [1.54, 1.807) is 4.68 Å². The summed E-state index contributed by atoms with van der Waals surface area (Å²) in [6, 6.07) is 11.9. The van der Waals surface area contributed by atoms with E-state index in [0.717, 1.165) is 32.5 Å². The van der Waals surface area contributed by atoms with Crippen molar-refractivity contribution >= 4 is 21.6 Å². The van der Waals surface area contributed by atoms with Crippen LogP contribution in [-0.4, -0.2) is 20.2 Å². The molecule has 6 heteroatoms. The number of halogens is 1. The molecule has 0 aliphatic carbocycles. The highest BCUT2D eigenvalue weighted by Gasteiger charge is 2.14. The number of aromatic nitrogens is 4. The van der Waals surface area contributed by atoms with Crippen LogP contribution in [0, 0.1) is 13.8 Å². The maximum absolute atomic E-state index is 5.98. The van der Waals surface area contributed by atoms with Crippen molar-refractivity contribution in [2.24, 2.45) is 0 Å². The lowest BCUT2D eigenvalue weighted by molar-refractivity contribution is 0.788. The molecule has 0 saturated carbocycles. The van der Waals surface area contributed by atoms with Gasteiger partial charge in [-0.1, -0.05) is 18.2 Å². The third-order valence-corrected chi connectivity index (χ3v) is 4.01. The molecule has 0 aliphatic heterocycles. The molecule has 0 radical (unpaired) electrons. The van der Waals surface area contributed by atoms with Crippen molar-refractivity contribution in [1.29, 1.82) is 0 Å². The van der Waals surface area contributed by atoms with Gasteiger partial charge in [-0.25, -0.2) is 0 Å². The number of nitrogen functional groups attached to an aromatic ring is 1. The lowest BCUT2D eigenvalue weighted by atomic mass is 10.1. The highest BCUT2D eigenvalue weighted by Crippen LogP contribution is 2.27. The zero-order valence-electron chi connectivity index (χ0n) is 11.7. The van der Waals surface area contributed by atoms with E-state index < -0.39 is 0 Å². The Bertz CT molecular complexity index is 810. The molecule has 3 rings (SSSR count). The summed E-state index contributed by atoms with van der Waals surface area (Å²) in [6.45, 7) is 4.00. The molecule has 0 atom stereocenters. The molecular formula is C15H14BrN5. The first kappa shape index (κ1) is 13.8. The number of nitrogens with two attached hydrogens (primary N) is 1. The standard InChI is InChI=1S/C15H14BrN5/c1-9-3-6-12(16)14(7-9)21-15(18-19-20-21)11-5-4-10(2)13(17)8-11/h3-8H,17H2,1-2H3. The number of nitrogens with zero attached hydrogens (tertiary/aromatic N) is 4. The Labute approximate surface area is 130 Å². The SMILES string of the molecule is Cc1ccc(Br)c(-n2nnnc2-c2ccc(C)c(N)c2)c1. The van der Waals surface area contributed by atoms with Crippen molar-refractivity contribution in [3.63, 3.8) is 0 Å². The van der Waals surface area contributed by atoms with Gasteiger partial charge in [0.15, 0.2) is 5.82 Å². The molecule has 2 N–H and O–H groups in total. The van der Waals surface area contributed by atoms with Crippen LogP contribution in [0.3, 0.4) is 0 Å². The molecule has 0 fully saturated rings. The first-order valence-corrected chi connectivity index (χ1v) is 7.27. The van der Waals surface area contributed by atoms with Crippen LogP contribution in [0.5, 0.6) is 0 Å². The number of rotatable bonds is 2. The number of benzene rings is 2. The van der Waals surface area contributed by atoms with E-state index in [0.29, 0.717) is 5.82 Å². The van der Waals surface area contributed by atoms with Gasteiger partial charge in [0.05, 0.1) is 5.69 Å². The number of hydrogen-bond donors (Lipinski definition) is 1. The maximum Gasteiger partial charge on any atom is 0.187 e. The minimum Gasteiger partial charge on any atom is -0.398 e. The van der Waals surface area contributed by atoms with Crippen LogP contribution >= 0.6 is 15.9 Å². The smallest absolute Gasteiger partial charge is 0.187 e. The summed E-state index contributed by atoms with van der Waals surface area (Å²) >= 11 is 3.54. The minimum absolute atomic E-state index is 0.660. The van der Waals surface area contributed by atoms with Crippen LogP contribution in [-0.2, 0) is 0 Å². The number of hydrogen-bond acceptors (Lipinski definition) is 4. The number of anilines is 1. The van der Waals surface area contributed by atoms with Gasteiger partial charge in [0.1, 0.15) is 0 Å². The Kier molecular flexibility index (Phi) is 3.47. The zero-order chi connectivity index (χ0) is 15.0. The van der Waals surface area contributed by atoms with E-state index in [9.17, 15) is 0 Å². The molecule has 2 aromatic carbocycles. The second kappa shape index (κ2) is 5.29. The molecule has 1 heterocycles. The summed E-state index contributed by atoms with van der Waals surface area (Å²) in [5.41, 5.74) is 10.7. The van der Waals surface area contributed by atoms with Crippen LogP contribution in [0.15, 0.2) is 40.9 Å². The normalized spacial score (nSPS) is 10.8. The van der Waals surface area contributed by atoms with E-state index in [4.69, 9.17) is 5.73 Å². The van der Waals surface area contributed by atoms with Crippen LogP contribution < -0.4 is 5.73 Å². The Hall–Kier alpha value is -2.21. The first-order chi connectivity index (χ1) is 10.1. The van der Waals surface area contributed by atoms with Gasteiger partial charge in [-0.05, 0) is 69.5 Å². The molecule has 0 amide bonds. The van der Waals surface area contributed by atoms with Gasteiger partial charge in [0.2, 0.25) is 0 Å². The van der Waals surface area contributed by atoms with Gasteiger partial charge in [-0.2, -0.15) is 4.68 Å². The van der Waals surface area contributed by atoms with Gasteiger partial charge >= 0.3 is 0 Å². The summed E-state index contributed by atoms with van der Waals surface area (Å²) in [7, 11) is 0. The van der Waals surface area contributed by atoms with Crippen molar-refractivity contribution in [3.05, 3.63) is 52.0 Å². The van der Waals surface area contributed by atoms with Crippen LogP contribution in [0.1, 0.15) is 11.1 Å². The third kappa shape index (κ3) is 2.54. The quantitative estimate of drug-likeness (QED) is 0.725. The molecule has 1 aromatic heterocycles. The summed E-state index contributed by atoms with van der Waals surface area (Å²) in [4.78, 5) is 0. The van der Waals surface area contributed by atoms with Crippen LogP contribution in [0.4, 0.5) is 5.69 Å². The van der Waals surface area contributed by atoms with Crippen molar-refractivity contribution in [2.75, 3.05) is 5.73 Å². The summed E-state index contributed by atoms with van der Waals surface area (Å²) in [6.07, 6.45) is 0. The van der Waals surface area contributed by atoms with Gasteiger partial charge in [-0.3, -0.25) is 0 Å². The molecule has 3 aromatic rings. The summed E-state index contributed by atoms with van der Waals surface area (Å²) in [5, 5.41) is 12.0. The average Bonchev–Trinajstić information content (AvgIpc) is 2.93. The average molecular weight is 344 g/mol. The van der Waals surface area contributed by atoms with Crippen LogP contribution in [0.25, 0.3) is 17.1 Å². The van der Waals surface area contributed by atoms with E-state index in [1.165, 1.54) is 0 Å². The van der Waals surface area contributed by atoms with E-state index >= 15 is 0 Å². The Morgan fingerprint density at radius 1 is 1.10 bits per heavy atom. The van der Waals surface area contributed by atoms with E-state index in [-0.39, 0.29) is 0 Å². The van der Waals surface area contributed by atoms with E-state index in [1.807, 2.05) is 50.2 Å². The zero-order valence-corrected chi connectivity index (χ0v) is 13.3. The van der Waals surface area contributed by atoms with Crippen molar-refractivity contribution in [3.8, 4) is 17.1 Å². The molecule has 0 bridgehead atoms. The van der Waals surface area contributed by atoms with Crippen molar-refractivity contribution in [2.45, 2.75) is 13.8 Å². The molecule has 0 spiro atoms. The van der Waals surface area contributed by atoms with Gasteiger partial charge in [0, 0.05) is 15.7 Å². The fourth-order valence-corrected chi connectivity index (χ4v) is 2.51. The molecule has 21 heavy (non-hydrogen) atoms.